The molecule has 1 aromatic heterocycles. The van der Waals surface area contributed by atoms with Crippen LogP contribution in [0.15, 0.2) is 36.4 Å². The quantitative estimate of drug-likeness (QED) is 0.681. The van der Waals surface area contributed by atoms with Gasteiger partial charge in [0.1, 0.15) is 5.15 Å². The van der Waals surface area contributed by atoms with Crippen LogP contribution in [0.2, 0.25) is 5.15 Å². The van der Waals surface area contributed by atoms with E-state index in [2.05, 4.69) is 5.10 Å². The Hall–Kier alpha value is -1.28. The number of hydrogen-bond acceptors (Lipinski definition) is 1. The van der Waals surface area contributed by atoms with Crippen molar-refractivity contribution in [2.75, 3.05) is 0 Å². The maximum absolute atomic E-state index is 7.35. The van der Waals surface area contributed by atoms with E-state index in [1.165, 1.54) is 0 Å². The first-order chi connectivity index (χ1) is 6.66. The molecular weight excluding hydrogens is 184 g/mol. The highest BCUT2D eigenvalue weighted by molar-refractivity contribution is 6.29. The van der Waals surface area contributed by atoms with Gasteiger partial charge in [0.05, 0.1) is 12.8 Å². The smallest absolute Gasteiger partial charge is 0.133 e. The normalized spacial score (nSPS) is 11.4. The Bertz CT molecular complexity index is 448. The first-order valence-electron chi connectivity index (χ1n) is 4.46. The Labute approximate surface area is 83.2 Å². The largest absolute Gasteiger partial charge is 0.222 e. The number of para-hydroxylation sites is 1. The van der Waals surface area contributed by atoms with Gasteiger partial charge < -0.3 is 0 Å². The van der Waals surface area contributed by atoms with Gasteiger partial charge in [-0.3, -0.25) is 0 Å². The Morgan fingerprint density at radius 2 is 2.15 bits per heavy atom. The SMILES string of the molecule is [2H]c1ccc(-n2nc(C)cc2Cl)cc1. The summed E-state index contributed by atoms with van der Waals surface area (Å²) in [5, 5.41) is 4.82. The molecule has 0 spiro atoms. The van der Waals surface area contributed by atoms with Gasteiger partial charge in [0.25, 0.3) is 0 Å². The van der Waals surface area contributed by atoms with E-state index in [9.17, 15) is 0 Å². The van der Waals surface area contributed by atoms with Crippen LogP contribution in [0.4, 0.5) is 0 Å². The number of benzene rings is 1. The highest BCUT2D eigenvalue weighted by Crippen LogP contribution is 2.16. The lowest BCUT2D eigenvalue weighted by atomic mass is 10.3. The minimum absolute atomic E-state index is 0.480. The van der Waals surface area contributed by atoms with Gasteiger partial charge >= 0.3 is 0 Å². The Morgan fingerprint density at radius 1 is 1.46 bits per heavy atom. The summed E-state index contributed by atoms with van der Waals surface area (Å²) in [5.74, 6) is 0. The van der Waals surface area contributed by atoms with Crippen molar-refractivity contribution in [1.82, 2.24) is 9.78 Å². The van der Waals surface area contributed by atoms with Gasteiger partial charge in [-0.15, -0.1) is 0 Å². The zero-order chi connectivity index (χ0) is 10.1. The maximum Gasteiger partial charge on any atom is 0.133 e. The molecule has 2 aromatic rings. The van der Waals surface area contributed by atoms with Gasteiger partial charge in [-0.2, -0.15) is 5.10 Å². The van der Waals surface area contributed by atoms with Gasteiger partial charge in [-0.1, -0.05) is 29.8 Å². The molecule has 0 fully saturated rings. The lowest BCUT2D eigenvalue weighted by Gasteiger charge is -2.00. The fourth-order valence-electron chi connectivity index (χ4n) is 1.17. The summed E-state index contributed by atoms with van der Waals surface area (Å²) in [7, 11) is 0. The van der Waals surface area contributed by atoms with E-state index in [1.807, 2.05) is 19.1 Å². The topological polar surface area (TPSA) is 17.8 Å². The van der Waals surface area contributed by atoms with Gasteiger partial charge in [-0.25, -0.2) is 4.68 Å². The Balaban J connectivity index is 2.49. The van der Waals surface area contributed by atoms with Gasteiger partial charge in [0, 0.05) is 0 Å². The van der Waals surface area contributed by atoms with Gasteiger partial charge in [-0.05, 0) is 25.1 Å². The van der Waals surface area contributed by atoms with Crippen LogP contribution < -0.4 is 0 Å². The zero-order valence-electron chi connectivity index (χ0n) is 8.16. The molecule has 0 atom stereocenters. The Kier molecular flexibility index (Phi) is 1.78. The molecule has 0 N–H and O–H groups in total. The van der Waals surface area contributed by atoms with Crippen LogP contribution >= 0.6 is 11.6 Å². The predicted molar refractivity (Wildman–Crippen MR) is 53.3 cm³/mol. The van der Waals surface area contributed by atoms with E-state index in [-0.39, 0.29) is 0 Å². The van der Waals surface area contributed by atoms with E-state index in [4.69, 9.17) is 13.0 Å². The van der Waals surface area contributed by atoms with E-state index in [0.717, 1.165) is 11.4 Å². The summed E-state index contributed by atoms with van der Waals surface area (Å²) in [6, 6.07) is 9.34. The van der Waals surface area contributed by atoms with Crippen LogP contribution in [0, 0.1) is 6.92 Å². The monoisotopic (exact) mass is 193 g/mol. The summed E-state index contributed by atoms with van der Waals surface area (Å²) in [4.78, 5) is 0. The molecular formula is C10H9ClN2. The molecule has 0 amide bonds. The van der Waals surface area contributed by atoms with Crippen molar-refractivity contribution >= 4 is 11.6 Å². The summed E-state index contributed by atoms with van der Waals surface area (Å²) < 4.78 is 9.00. The number of nitrogens with zero attached hydrogens (tertiary/aromatic N) is 2. The number of rotatable bonds is 1. The first-order valence-corrected chi connectivity index (χ1v) is 4.34. The third-order valence-electron chi connectivity index (χ3n) is 1.73. The van der Waals surface area contributed by atoms with Gasteiger partial charge in [0.15, 0.2) is 0 Å². The molecule has 0 aliphatic carbocycles. The highest BCUT2D eigenvalue weighted by atomic mass is 35.5. The second kappa shape index (κ2) is 3.23. The van der Waals surface area contributed by atoms with Crippen molar-refractivity contribution < 1.29 is 1.37 Å². The third kappa shape index (κ3) is 1.58. The van der Waals surface area contributed by atoms with E-state index < -0.39 is 0 Å². The second-order valence-corrected chi connectivity index (χ2v) is 3.17. The number of aromatic nitrogens is 2. The minimum atomic E-state index is 0.480. The molecule has 1 heterocycles. The lowest BCUT2D eigenvalue weighted by Crippen LogP contribution is -1.95. The van der Waals surface area contributed by atoms with Crippen molar-refractivity contribution in [3.63, 3.8) is 0 Å². The molecule has 0 saturated heterocycles. The third-order valence-corrected chi connectivity index (χ3v) is 2.00. The van der Waals surface area contributed by atoms with Crippen LogP contribution in [0.3, 0.4) is 0 Å². The molecule has 1 aromatic carbocycles. The van der Waals surface area contributed by atoms with Crippen molar-refractivity contribution in [2.45, 2.75) is 6.92 Å². The second-order valence-electron chi connectivity index (χ2n) is 2.78. The summed E-state index contributed by atoms with van der Waals surface area (Å²) in [5.41, 5.74) is 1.75. The van der Waals surface area contributed by atoms with Crippen molar-refractivity contribution in [2.24, 2.45) is 0 Å². The molecule has 0 bridgehead atoms. The zero-order valence-corrected chi connectivity index (χ0v) is 7.92. The van der Waals surface area contributed by atoms with E-state index in [0.29, 0.717) is 11.2 Å². The molecule has 0 aliphatic rings. The van der Waals surface area contributed by atoms with Crippen molar-refractivity contribution in [1.29, 1.82) is 0 Å². The number of aryl methyl sites for hydroxylation is 1. The van der Waals surface area contributed by atoms with Crippen LogP contribution in [0.1, 0.15) is 7.06 Å². The predicted octanol–water partition coefficient (Wildman–Crippen LogP) is 2.83. The van der Waals surface area contributed by atoms with Crippen LogP contribution in [-0.2, 0) is 0 Å². The average molecular weight is 194 g/mol. The summed E-state index contributed by atoms with van der Waals surface area (Å²) in [6.45, 7) is 1.89. The summed E-state index contributed by atoms with van der Waals surface area (Å²) >= 11 is 5.97. The summed E-state index contributed by atoms with van der Waals surface area (Å²) in [6.07, 6.45) is 0. The molecule has 0 radical (unpaired) electrons. The van der Waals surface area contributed by atoms with E-state index in [1.54, 1.807) is 22.9 Å². The molecule has 0 saturated carbocycles. The number of halogens is 1. The van der Waals surface area contributed by atoms with E-state index >= 15 is 0 Å². The Morgan fingerprint density at radius 3 is 2.69 bits per heavy atom. The number of hydrogen-bond donors (Lipinski definition) is 0. The molecule has 2 nitrogen and oxygen atoms in total. The molecule has 66 valence electrons. The first kappa shape index (κ1) is 7.15. The molecule has 0 aliphatic heterocycles. The molecule has 3 heteroatoms. The standard InChI is InChI=1S/C10H9ClN2/c1-8-7-10(11)13(12-8)9-5-3-2-4-6-9/h2-7H,1H3/i2D. The fraction of sp³-hybridized carbons (Fsp3) is 0.100. The van der Waals surface area contributed by atoms with Crippen LogP contribution in [-0.4, -0.2) is 9.78 Å². The van der Waals surface area contributed by atoms with Crippen LogP contribution in [0.5, 0.6) is 0 Å². The average Bonchev–Trinajstić information content (AvgIpc) is 2.47. The molecule has 0 unspecified atom stereocenters. The minimum Gasteiger partial charge on any atom is -0.222 e. The lowest BCUT2D eigenvalue weighted by molar-refractivity contribution is 0.863. The van der Waals surface area contributed by atoms with Crippen LogP contribution in [0.25, 0.3) is 5.69 Å². The highest BCUT2D eigenvalue weighted by Gasteiger charge is 2.03. The van der Waals surface area contributed by atoms with Gasteiger partial charge in [0.2, 0.25) is 0 Å². The molecule has 13 heavy (non-hydrogen) atoms. The maximum atomic E-state index is 7.35. The molecule has 2 rings (SSSR count). The van der Waals surface area contributed by atoms with Crippen molar-refractivity contribution in [3.05, 3.63) is 47.2 Å². The fourth-order valence-corrected chi connectivity index (χ4v) is 1.46. The van der Waals surface area contributed by atoms with Crippen molar-refractivity contribution in [3.8, 4) is 5.69 Å².